The molecule has 104 valence electrons. The second-order valence-electron chi connectivity index (χ2n) is 4.53. The van der Waals surface area contributed by atoms with E-state index >= 15 is 0 Å². The molecule has 0 fully saturated rings. The fourth-order valence-electron chi connectivity index (χ4n) is 1.99. The first-order valence-electron chi connectivity index (χ1n) is 6.64. The molecule has 0 aliphatic rings. The van der Waals surface area contributed by atoms with Crippen LogP contribution in [0.5, 0.6) is 0 Å². The van der Waals surface area contributed by atoms with Gasteiger partial charge in [-0.2, -0.15) is 5.10 Å². The smallest absolute Gasteiger partial charge is 0.146 e. The molecule has 0 bridgehead atoms. The van der Waals surface area contributed by atoms with Gasteiger partial charge >= 0.3 is 0 Å². The van der Waals surface area contributed by atoms with Crippen LogP contribution in [0, 0.1) is 0 Å². The predicted molar refractivity (Wildman–Crippen MR) is 91.2 cm³/mol. The van der Waals surface area contributed by atoms with Gasteiger partial charge in [-0.3, -0.25) is 5.43 Å². The minimum Gasteiger partial charge on any atom is -0.261 e. The zero-order valence-corrected chi connectivity index (χ0v) is 12.5. The highest BCUT2D eigenvalue weighted by Gasteiger charge is 1.96. The van der Waals surface area contributed by atoms with Gasteiger partial charge in [-0.15, -0.1) is 11.8 Å². The summed E-state index contributed by atoms with van der Waals surface area (Å²) in [6.45, 7) is 0. The summed E-state index contributed by atoms with van der Waals surface area (Å²) in [4.78, 5) is 5.75. The monoisotopic (exact) mass is 293 g/mol. The molecule has 0 saturated heterocycles. The van der Waals surface area contributed by atoms with Gasteiger partial charge in [-0.25, -0.2) is 4.98 Å². The minimum atomic E-state index is 0.741. The topological polar surface area (TPSA) is 37.3 Å². The lowest BCUT2D eigenvalue weighted by atomic mass is 10.2. The fourth-order valence-corrected chi connectivity index (χ4v) is 2.40. The summed E-state index contributed by atoms with van der Waals surface area (Å²) in [5.41, 5.74) is 4.98. The number of thioether (sulfide) groups is 1. The summed E-state index contributed by atoms with van der Waals surface area (Å²) in [5.74, 6) is 0.741. The number of nitrogens with zero attached hydrogens (tertiary/aromatic N) is 2. The molecule has 1 N–H and O–H groups in total. The van der Waals surface area contributed by atoms with E-state index in [2.05, 4.69) is 33.9 Å². The minimum absolute atomic E-state index is 0.741. The van der Waals surface area contributed by atoms with Crippen LogP contribution in [-0.4, -0.2) is 17.5 Å². The van der Waals surface area contributed by atoms with Crippen molar-refractivity contribution in [2.45, 2.75) is 4.90 Å². The molecule has 0 spiro atoms. The number of nitrogens with one attached hydrogen (secondary N) is 1. The van der Waals surface area contributed by atoms with Crippen LogP contribution in [0.1, 0.15) is 5.56 Å². The summed E-state index contributed by atoms with van der Waals surface area (Å²) >= 11 is 1.73. The van der Waals surface area contributed by atoms with Gasteiger partial charge in [0.1, 0.15) is 5.82 Å². The largest absolute Gasteiger partial charge is 0.261 e. The summed E-state index contributed by atoms with van der Waals surface area (Å²) in [5, 5.41) is 5.35. The lowest BCUT2D eigenvalue weighted by Gasteiger charge is -2.02. The summed E-state index contributed by atoms with van der Waals surface area (Å²) in [7, 11) is 0. The second kappa shape index (κ2) is 6.41. The van der Waals surface area contributed by atoms with E-state index in [0.717, 1.165) is 22.3 Å². The molecule has 2 aromatic carbocycles. The average Bonchev–Trinajstić information content (AvgIpc) is 2.55. The van der Waals surface area contributed by atoms with Crippen LogP contribution in [0.2, 0.25) is 0 Å². The molecule has 0 atom stereocenters. The molecule has 3 rings (SSSR count). The maximum atomic E-state index is 4.51. The van der Waals surface area contributed by atoms with E-state index in [4.69, 9.17) is 0 Å². The van der Waals surface area contributed by atoms with Gasteiger partial charge in [-0.05, 0) is 42.2 Å². The standard InChI is InChI=1S/C17H15N3S/c1-21-15-9-6-13(7-10-15)12-18-20-17-11-8-14-4-2-3-5-16(14)19-17/h2-12H,1H3,(H,19,20)/b18-12+. The van der Waals surface area contributed by atoms with Gasteiger partial charge in [-0.1, -0.05) is 30.3 Å². The van der Waals surface area contributed by atoms with Gasteiger partial charge in [0, 0.05) is 10.3 Å². The Kier molecular flexibility index (Phi) is 4.17. The molecule has 3 aromatic rings. The zero-order chi connectivity index (χ0) is 14.5. The predicted octanol–water partition coefficient (Wildman–Crippen LogP) is 4.40. The maximum Gasteiger partial charge on any atom is 0.146 e. The van der Waals surface area contributed by atoms with E-state index in [-0.39, 0.29) is 0 Å². The summed E-state index contributed by atoms with van der Waals surface area (Å²) in [6.07, 6.45) is 3.86. The Morgan fingerprint density at radius 1 is 1.00 bits per heavy atom. The summed E-state index contributed by atoms with van der Waals surface area (Å²) in [6, 6.07) is 20.2. The third-order valence-electron chi connectivity index (χ3n) is 3.11. The molecule has 0 aliphatic carbocycles. The van der Waals surface area contributed by atoms with Crippen molar-refractivity contribution in [3.05, 3.63) is 66.2 Å². The number of hydrogen-bond acceptors (Lipinski definition) is 4. The Hall–Kier alpha value is -2.33. The molecular weight excluding hydrogens is 278 g/mol. The van der Waals surface area contributed by atoms with Crippen molar-refractivity contribution in [1.29, 1.82) is 0 Å². The SMILES string of the molecule is CSc1ccc(/C=N/Nc2ccc3ccccc3n2)cc1. The molecule has 1 heterocycles. The lowest BCUT2D eigenvalue weighted by Crippen LogP contribution is -1.93. The number of para-hydroxylation sites is 1. The van der Waals surface area contributed by atoms with Crippen molar-refractivity contribution in [1.82, 2.24) is 4.98 Å². The fraction of sp³-hybridized carbons (Fsp3) is 0.0588. The number of fused-ring (bicyclic) bond motifs is 1. The molecule has 1 aromatic heterocycles. The Morgan fingerprint density at radius 3 is 2.62 bits per heavy atom. The molecule has 4 heteroatoms. The van der Waals surface area contributed by atoms with Crippen LogP contribution in [-0.2, 0) is 0 Å². The molecule has 0 radical (unpaired) electrons. The first-order chi connectivity index (χ1) is 10.3. The van der Waals surface area contributed by atoms with Crippen LogP contribution < -0.4 is 5.43 Å². The first-order valence-corrected chi connectivity index (χ1v) is 7.86. The van der Waals surface area contributed by atoms with E-state index in [1.807, 2.05) is 48.5 Å². The molecule has 0 amide bonds. The highest BCUT2D eigenvalue weighted by molar-refractivity contribution is 7.98. The van der Waals surface area contributed by atoms with Gasteiger partial charge in [0.15, 0.2) is 0 Å². The van der Waals surface area contributed by atoms with Gasteiger partial charge in [0.2, 0.25) is 0 Å². The Bertz CT molecular complexity index is 766. The van der Waals surface area contributed by atoms with Gasteiger partial charge < -0.3 is 0 Å². The number of rotatable bonds is 4. The molecular formula is C17H15N3S. The second-order valence-corrected chi connectivity index (χ2v) is 5.41. The van der Waals surface area contributed by atoms with E-state index < -0.39 is 0 Å². The van der Waals surface area contributed by atoms with Crippen molar-refractivity contribution in [3.63, 3.8) is 0 Å². The van der Waals surface area contributed by atoms with E-state index in [9.17, 15) is 0 Å². The zero-order valence-electron chi connectivity index (χ0n) is 11.7. The van der Waals surface area contributed by atoms with Crippen LogP contribution in [0.15, 0.2) is 70.7 Å². The van der Waals surface area contributed by atoms with Crippen molar-refractivity contribution in [2.75, 3.05) is 11.7 Å². The van der Waals surface area contributed by atoms with Crippen molar-refractivity contribution in [3.8, 4) is 0 Å². The number of anilines is 1. The van der Waals surface area contributed by atoms with Gasteiger partial charge in [0.25, 0.3) is 0 Å². The van der Waals surface area contributed by atoms with Crippen LogP contribution in [0.4, 0.5) is 5.82 Å². The molecule has 21 heavy (non-hydrogen) atoms. The third kappa shape index (κ3) is 3.41. The Labute approximate surface area is 128 Å². The normalized spacial score (nSPS) is 11.1. The van der Waals surface area contributed by atoms with E-state index in [1.165, 1.54) is 4.90 Å². The number of pyridine rings is 1. The lowest BCUT2D eigenvalue weighted by molar-refractivity contribution is 1.26. The quantitative estimate of drug-likeness (QED) is 0.440. The average molecular weight is 293 g/mol. The van der Waals surface area contributed by atoms with E-state index in [0.29, 0.717) is 0 Å². The van der Waals surface area contributed by atoms with E-state index in [1.54, 1.807) is 18.0 Å². The highest BCUT2D eigenvalue weighted by Crippen LogP contribution is 2.15. The van der Waals surface area contributed by atoms with Crippen LogP contribution >= 0.6 is 11.8 Å². The Morgan fingerprint density at radius 2 is 1.81 bits per heavy atom. The van der Waals surface area contributed by atoms with Crippen molar-refractivity contribution >= 4 is 34.7 Å². The molecule has 0 unspecified atom stereocenters. The van der Waals surface area contributed by atoms with Crippen molar-refractivity contribution < 1.29 is 0 Å². The highest BCUT2D eigenvalue weighted by atomic mass is 32.2. The number of benzene rings is 2. The Balaban J connectivity index is 1.71. The number of hydrazone groups is 1. The molecule has 3 nitrogen and oxygen atoms in total. The maximum absolute atomic E-state index is 4.51. The summed E-state index contributed by atoms with van der Waals surface area (Å²) < 4.78 is 0. The number of hydrogen-bond donors (Lipinski definition) is 1. The molecule has 0 aliphatic heterocycles. The van der Waals surface area contributed by atoms with Gasteiger partial charge in [0.05, 0.1) is 11.7 Å². The van der Waals surface area contributed by atoms with Crippen LogP contribution in [0.3, 0.4) is 0 Å². The van der Waals surface area contributed by atoms with Crippen molar-refractivity contribution in [2.24, 2.45) is 5.10 Å². The third-order valence-corrected chi connectivity index (χ3v) is 3.85. The number of aromatic nitrogens is 1. The molecule has 0 saturated carbocycles. The first kappa shape index (κ1) is 13.6. The van der Waals surface area contributed by atoms with Crippen LogP contribution in [0.25, 0.3) is 10.9 Å².